The zero-order chi connectivity index (χ0) is 15.5. The van der Waals surface area contributed by atoms with Crippen molar-refractivity contribution in [2.45, 2.75) is 12.8 Å². The Morgan fingerprint density at radius 3 is 3.14 bits per heavy atom. The van der Waals surface area contributed by atoms with Crippen LogP contribution in [-0.4, -0.2) is 38.9 Å². The van der Waals surface area contributed by atoms with Gasteiger partial charge in [0.1, 0.15) is 23.5 Å². The number of hydrogen-bond donors (Lipinski definition) is 2. The molecule has 0 bridgehead atoms. The summed E-state index contributed by atoms with van der Waals surface area (Å²) in [6.07, 6.45) is 6.60. The minimum Gasteiger partial charge on any atom is -0.365 e. The van der Waals surface area contributed by atoms with Crippen molar-refractivity contribution in [2.24, 2.45) is 11.7 Å². The summed E-state index contributed by atoms with van der Waals surface area (Å²) in [5.41, 5.74) is 6.62. The highest BCUT2D eigenvalue weighted by atomic mass is 16.1. The lowest BCUT2D eigenvalue weighted by Crippen LogP contribution is -2.35. The van der Waals surface area contributed by atoms with Crippen LogP contribution in [0.3, 0.4) is 0 Å². The first-order valence-electron chi connectivity index (χ1n) is 7.00. The predicted octanol–water partition coefficient (Wildman–Crippen LogP) is 0.505. The van der Waals surface area contributed by atoms with Gasteiger partial charge in [-0.25, -0.2) is 15.0 Å². The van der Waals surface area contributed by atoms with Crippen LogP contribution >= 0.6 is 0 Å². The van der Waals surface area contributed by atoms with Gasteiger partial charge in [-0.1, -0.05) is 6.08 Å². The van der Waals surface area contributed by atoms with Gasteiger partial charge in [-0.05, 0) is 18.8 Å². The number of nitrogens with two attached hydrogens (primary N) is 1. The Labute approximate surface area is 126 Å². The average Bonchev–Trinajstić information content (AvgIpc) is 3.01. The first kappa shape index (κ1) is 14.0. The number of carbonyl (C=O) groups is 1. The number of nitrogens with one attached hydrogen (secondary N) is 1. The van der Waals surface area contributed by atoms with Crippen LogP contribution in [0.1, 0.15) is 12.8 Å². The minimum absolute atomic E-state index is 0.0134. The summed E-state index contributed by atoms with van der Waals surface area (Å²) in [4.78, 5) is 29.0. The molecule has 8 heteroatoms. The van der Waals surface area contributed by atoms with Gasteiger partial charge in [0.25, 0.3) is 5.91 Å². The van der Waals surface area contributed by atoms with Gasteiger partial charge < -0.3 is 15.6 Å². The number of aromatic amines is 1. The first-order valence-corrected chi connectivity index (χ1v) is 7.00. The summed E-state index contributed by atoms with van der Waals surface area (Å²) in [6, 6.07) is 1.85. The molecule has 0 aromatic carbocycles. The van der Waals surface area contributed by atoms with Crippen LogP contribution in [0.15, 0.2) is 24.3 Å². The number of fused-ring (bicyclic) bond motifs is 1. The van der Waals surface area contributed by atoms with Crippen LogP contribution in [0.4, 0.5) is 5.82 Å². The number of primary amides is 1. The number of anilines is 1. The fourth-order valence-corrected chi connectivity index (χ4v) is 2.73. The number of nitriles is 1. The van der Waals surface area contributed by atoms with E-state index in [2.05, 4.69) is 24.8 Å². The highest BCUT2D eigenvalue weighted by Gasteiger charge is 2.23. The van der Waals surface area contributed by atoms with Crippen LogP contribution in [0.25, 0.3) is 11.2 Å². The van der Waals surface area contributed by atoms with E-state index in [9.17, 15) is 4.79 Å². The molecule has 2 aromatic rings. The minimum atomic E-state index is -0.684. The summed E-state index contributed by atoms with van der Waals surface area (Å²) in [7, 11) is 0. The van der Waals surface area contributed by atoms with Crippen LogP contribution in [-0.2, 0) is 4.79 Å². The molecule has 1 aliphatic rings. The molecule has 1 amide bonds. The molecule has 0 radical (unpaired) electrons. The van der Waals surface area contributed by atoms with Gasteiger partial charge >= 0.3 is 0 Å². The number of aromatic nitrogens is 4. The molecule has 112 valence electrons. The number of H-pyrrole nitrogens is 1. The number of rotatable bonds is 3. The maximum Gasteiger partial charge on any atom is 0.259 e. The van der Waals surface area contributed by atoms with Crippen LogP contribution in [0.2, 0.25) is 0 Å². The van der Waals surface area contributed by atoms with E-state index >= 15 is 0 Å². The number of carbonyl (C=O) groups excluding carboxylic acids is 1. The van der Waals surface area contributed by atoms with Crippen molar-refractivity contribution in [1.82, 2.24) is 19.9 Å². The summed E-state index contributed by atoms with van der Waals surface area (Å²) >= 11 is 0. The van der Waals surface area contributed by atoms with Gasteiger partial charge in [-0.3, -0.25) is 4.79 Å². The lowest BCUT2D eigenvalue weighted by Gasteiger charge is -2.32. The molecule has 1 unspecified atom stereocenters. The molecule has 8 nitrogen and oxygen atoms in total. The molecule has 1 fully saturated rings. The zero-order valence-corrected chi connectivity index (χ0v) is 11.9. The Hall–Kier alpha value is -2.95. The Morgan fingerprint density at radius 1 is 1.50 bits per heavy atom. The van der Waals surface area contributed by atoms with Crippen molar-refractivity contribution in [1.29, 1.82) is 5.26 Å². The SMILES string of the molecule is N#C/C(=C\C1CCCN(c2ncnc3[nH]cnc23)C1)C(N)=O. The fourth-order valence-electron chi connectivity index (χ4n) is 2.73. The predicted molar refractivity (Wildman–Crippen MR) is 79.5 cm³/mol. The highest BCUT2D eigenvalue weighted by Crippen LogP contribution is 2.26. The standard InChI is InChI=1S/C14H15N7O/c15-5-10(12(16)22)4-9-2-1-3-21(6-9)14-11-13(18-7-17-11)19-8-20-14/h4,7-9H,1-3,6H2,(H2,16,22)(H,17,18,19,20)/b10-4+. The largest absolute Gasteiger partial charge is 0.365 e. The van der Waals surface area contributed by atoms with E-state index in [4.69, 9.17) is 11.0 Å². The van der Waals surface area contributed by atoms with Gasteiger partial charge in [-0.2, -0.15) is 5.26 Å². The van der Waals surface area contributed by atoms with Crippen molar-refractivity contribution in [3.63, 3.8) is 0 Å². The number of nitrogens with zero attached hydrogens (tertiary/aromatic N) is 5. The highest BCUT2D eigenvalue weighted by molar-refractivity contribution is 5.95. The molecule has 3 rings (SSSR count). The Balaban J connectivity index is 1.86. The van der Waals surface area contributed by atoms with E-state index in [1.54, 1.807) is 12.4 Å². The van der Waals surface area contributed by atoms with E-state index < -0.39 is 5.91 Å². The molecule has 0 aliphatic carbocycles. The topological polar surface area (TPSA) is 125 Å². The molecule has 22 heavy (non-hydrogen) atoms. The third-order valence-corrected chi connectivity index (χ3v) is 3.74. The van der Waals surface area contributed by atoms with Gasteiger partial charge in [0, 0.05) is 13.1 Å². The van der Waals surface area contributed by atoms with Gasteiger partial charge in [0.2, 0.25) is 0 Å². The summed E-state index contributed by atoms with van der Waals surface area (Å²) in [5.74, 6) is 0.165. The second kappa shape index (κ2) is 5.81. The number of amides is 1. The van der Waals surface area contributed by atoms with E-state index in [1.165, 1.54) is 6.33 Å². The van der Waals surface area contributed by atoms with Crippen LogP contribution < -0.4 is 10.6 Å². The average molecular weight is 297 g/mol. The number of piperidine rings is 1. The Kier molecular flexibility index (Phi) is 3.70. The van der Waals surface area contributed by atoms with Crippen molar-refractivity contribution >= 4 is 22.9 Å². The Morgan fingerprint density at radius 2 is 2.36 bits per heavy atom. The molecular formula is C14H15N7O. The van der Waals surface area contributed by atoms with Gasteiger partial charge in [-0.15, -0.1) is 0 Å². The van der Waals surface area contributed by atoms with Crippen LogP contribution in [0.5, 0.6) is 0 Å². The van der Waals surface area contributed by atoms with Crippen molar-refractivity contribution in [2.75, 3.05) is 18.0 Å². The summed E-state index contributed by atoms with van der Waals surface area (Å²) < 4.78 is 0. The fraction of sp³-hybridized carbons (Fsp3) is 0.357. The van der Waals surface area contributed by atoms with E-state index in [-0.39, 0.29) is 11.5 Å². The maximum absolute atomic E-state index is 11.2. The molecule has 1 saturated heterocycles. The maximum atomic E-state index is 11.2. The molecular weight excluding hydrogens is 282 g/mol. The second-order valence-electron chi connectivity index (χ2n) is 5.20. The Bertz CT molecular complexity index is 773. The molecule has 1 aliphatic heterocycles. The lowest BCUT2D eigenvalue weighted by atomic mass is 9.95. The molecule has 3 N–H and O–H groups in total. The third kappa shape index (κ3) is 2.61. The van der Waals surface area contributed by atoms with Gasteiger partial charge in [0.15, 0.2) is 11.5 Å². The molecule has 3 heterocycles. The quantitative estimate of drug-likeness (QED) is 0.628. The molecule has 2 aromatic heterocycles. The van der Waals surface area contributed by atoms with E-state index in [1.807, 2.05) is 6.07 Å². The number of imidazole rings is 1. The number of hydrogen-bond acceptors (Lipinski definition) is 6. The monoisotopic (exact) mass is 297 g/mol. The summed E-state index contributed by atoms with van der Waals surface area (Å²) in [5, 5.41) is 8.96. The summed E-state index contributed by atoms with van der Waals surface area (Å²) in [6.45, 7) is 1.51. The van der Waals surface area contributed by atoms with E-state index in [0.29, 0.717) is 12.2 Å². The van der Waals surface area contributed by atoms with Crippen molar-refractivity contribution in [3.8, 4) is 6.07 Å². The molecule has 0 saturated carbocycles. The van der Waals surface area contributed by atoms with Crippen molar-refractivity contribution in [3.05, 3.63) is 24.3 Å². The smallest absolute Gasteiger partial charge is 0.259 e. The third-order valence-electron chi connectivity index (χ3n) is 3.74. The molecule has 1 atom stereocenters. The normalized spacial score (nSPS) is 19.1. The van der Waals surface area contributed by atoms with Gasteiger partial charge in [0.05, 0.1) is 6.33 Å². The molecule has 0 spiro atoms. The van der Waals surface area contributed by atoms with Crippen LogP contribution in [0, 0.1) is 17.2 Å². The van der Waals surface area contributed by atoms with E-state index in [0.717, 1.165) is 30.7 Å². The first-order chi connectivity index (χ1) is 10.7. The van der Waals surface area contributed by atoms with Crippen molar-refractivity contribution < 1.29 is 4.79 Å². The second-order valence-corrected chi connectivity index (χ2v) is 5.20. The lowest BCUT2D eigenvalue weighted by molar-refractivity contribution is -0.114. The zero-order valence-electron chi connectivity index (χ0n) is 11.9.